The number of nitrogens with one attached hydrogen (secondary N) is 1. The van der Waals surface area contributed by atoms with Crippen LogP contribution in [-0.2, 0) is 6.54 Å². The normalized spacial score (nSPS) is 20.2. The zero-order chi connectivity index (χ0) is 14.3. The molecule has 0 aromatic carbocycles. The van der Waals surface area contributed by atoms with Crippen molar-refractivity contribution in [1.29, 1.82) is 0 Å². The molecule has 2 saturated carbocycles. The molecule has 1 aromatic heterocycles. The maximum Gasteiger partial charge on any atom is 0.291 e. The molecule has 0 unspecified atom stereocenters. The van der Waals surface area contributed by atoms with Gasteiger partial charge in [0.15, 0.2) is 0 Å². The van der Waals surface area contributed by atoms with Gasteiger partial charge < -0.3 is 5.32 Å². The number of rotatable bonds is 6. The molecule has 2 fully saturated rings. The second kappa shape index (κ2) is 5.06. The first kappa shape index (κ1) is 13.9. The highest BCUT2D eigenvalue weighted by Crippen LogP contribution is 2.51. The summed E-state index contributed by atoms with van der Waals surface area (Å²) in [6, 6.07) is 0. The van der Waals surface area contributed by atoms with E-state index < -0.39 is 0 Å². The van der Waals surface area contributed by atoms with E-state index in [1.54, 1.807) is 10.9 Å². The molecule has 0 spiro atoms. The fraction of sp³-hybridized carbons (Fsp3) is 0.733. The summed E-state index contributed by atoms with van der Waals surface area (Å²) in [5.41, 5.74) is 0.790. The molecule has 0 aliphatic heterocycles. The van der Waals surface area contributed by atoms with E-state index in [9.17, 15) is 4.79 Å². The molecule has 0 radical (unpaired) electrons. The Kier molecular flexibility index (Phi) is 3.53. The highest BCUT2D eigenvalue weighted by molar-refractivity contribution is 6.32. The lowest BCUT2D eigenvalue weighted by atomic mass is 9.92. The molecule has 2 aliphatic rings. The van der Waals surface area contributed by atoms with Crippen molar-refractivity contribution in [2.75, 3.05) is 11.9 Å². The second-order valence-corrected chi connectivity index (χ2v) is 7.08. The third-order valence-electron chi connectivity index (χ3n) is 4.86. The van der Waals surface area contributed by atoms with Gasteiger partial charge >= 0.3 is 0 Å². The Balaban J connectivity index is 1.76. The number of halogens is 1. The Morgan fingerprint density at radius 1 is 1.50 bits per heavy atom. The molecule has 1 aromatic rings. The topological polar surface area (TPSA) is 46.9 Å². The standard InChI is InChI=1S/C15H22ClN3O/c1-10(2)15(5-6-15)9-17-13-12(16)7-18-19(14(13)20)8-11-3-4-11/h7,10-11,17H,3-6,8-9H2,1-2H3. The quantitative estimate of drug-likeness (QED) is 0.877. The molecule has 0 saturated heterocycles. The van der Waals surface area contributed by atoms with E-state index >= 15 is 0 Å². The predicted octanol–water partition coefficient (Wildman–Crippen LogP) is 3.15. The summed E-state index contributed by atoms with van der Waals surface area (Å²) in [6.45, 7) is 6.04. The van der Waals surface area contributed by atoms with Crippen molar-refractivity contribution < 1.29 is 0 Å². The van der Waals surface area contributed by atoms with Crippen LogP contribution in [0.2, 0.25) is 5.02 Å². The third-order valence-corrected chi connectivity index (χ3v) is 5.15. The summed E-state index contributed by atoms with van der Waals surface area (Å²) in [6.07, 6.45) is 6.46. The molecule has 110 valence electrons. The van der Waals surface area contributed by atoms with Crippen molar-refractivity contribution >= 4 is 17.3 Å². The summed E-state index contributed by atoms with van der Waals surface area (Å²) < 4.78 is 1.56. The maximum absolute atomic E-state index is 12.4. The van der Waals surface area contributed by atoms with Gasteiger partial charge in [-0.15, -0.1) is 0 Å². The van der Waals surface area contributed by atoms with Gasteiger partial charge in [-0.05, 0) is 42.9 Å². The van der Waals surface area contributed by atoms with E-state index in [0.29, 0.717) is 28.0 Å². The highest BCUT2D eigenvalue weighted by Gasteiger charge is 2.45. The first-order chi connectivity index (χ1) is 9.52. The lowest BCUT2D eigenvalue weighted by molar-refractivity contribution is 0.380. The van der Waals surface area contributed by atoms with Crippen molar-refractivity contribution in [3.63, 3.8) is 0 Å². The van der Waals surface area contributed by atoms with Crippen LogP contribution in [0.4, 0.5) is 5.69 Å². The Bertz CT molecular complexity index is 559. The fourth-order valence-corrected chi connectivity index (χ4v) is 2.88. The molecule has 2 aliphatic carbocycles. The number of nitrogens with zero attached hydrogens (tertiary/aromatic N) is 2. The van der Waals surface area contributed by atoms with E-state index in [2.05, 4.69) is 24.3 Å². The minimum atomic E-state index is -0.0797. The average Bonchev–Trinajstić information content (AvgIpc) is 3.27. The van der Waals surface area contributed by atoms with Crippen molar-refractivity contribution in [1.82, 2.24) is 9.78 Å². The largest absolute Gasteiger partial charge is 0.379 e. The van der Waals surface area contributed by atoms with Gasteiger partial charge in [0.2, 0.25) is 0 Å². The number of hydrogen-bond acceptors (Lipinski definition) is 3. The lowest BCUT2D eigenvalue weighted by Crippen LogP contribution is -2.29. The van der Waals surface area contributed by atoms with E-state index in [4.69, 9.17) is 11.6 Å². The van der Waals surface area contributed by atoms with Crippen molar-refractivity contribution in [3.8, 4) is 0 Å². The van der Waals surface area contributed by atoms with Crippen LogP contribution in [0.15, 0.2) is 11.0 Å². The fourth-order valence-electron chi connectivity index (χ4n) is 2.69. The SMILES string of the molecule is CC(C)C1(CNc2c(Cl)cnn(CC3CC3)c2=O)CC1. The van der Waals surface area contributed by atoms with Gasteiger partial charge in [-0.1, -0.05) is 25.4 Å². The van der Waals surface area contributed by atoms with E-state index in [-0.39, 0.29) is 5.56 Å². The van der Waals surface area contributed by atoms with Crippen LogP contribution in [0.1, 0.15) is 39.5 Å². The van der Waals surface area contributed by atoms with Crippen LogP contribution < -0.4 is 10.9 Å². The average molecular weight is 296 g/mol. The summed E-state index contributed by atoms with van der Waals surface area (Å²) in [4.78, 5) is 12.4. The van der Waals surface area contributed by atoms with E-state index in [1.165, 1.54) is 25.7 Å². The summed E-state index contributed by atoms with van der Waals surface area (Å²) in [5.74, 6) is 1.25. The number of hydrogen-bond donors (Lipinski definition) is 1. The number of aromatic nitrogens is 2. The molecule has 20 heavy (non-hydrogen) atoms. The van der Waals surface area contributed by atoms with Crippen LogP contribution >= 0.6 is 11.6 Å². The van der Waals surface area contributed by atoms with Crippen LogP contribution in [-0.4, -0.2) is 16.3 Å². The second-order valence-electron chi connectivity index (χ2n) is 6.67. The molecular weight excluding hydrogens is 274 g/mol. The zero-order valence-corrected chi connectivity index (χ0v) is 12.9. The van der Waals surface area contributed by atoms with Gasteiger partial charge in [0, 0.05) is 13.1 Å². The molecule has 5 heteroatoms. The van der Waals surface area contributed by atoms with Crippen LogP contribution in [0, 0.1) is 17.3 Å². The molecule has 0 atom stereocenters. The van der Waals surface area contributed by atoms with Crippen molar-refractivity contribution in [2.24, 2.45) is 17.3 Å². The Labute approximate surface area is 124 Å². The molecule has 4 nitrogen and oxygen atoms in total. The summed E-state index contributed by atoms with van der Waals surface area (Å²) in [5, 5.41) is 7.87. The van der Waals surface area contributed by atoms with Crippen LogP contribution in [0.25, 0.3) is 0 Å². The Hall–Kier alpha value is -1.03. The Morgan fingerprint density at radius 2 is 2.20 bits per heavy atom. The zero-order valence-electron chi connectivity index (χ0n) is 12.2. The molecule has 1 heterocycles. The lowest BCUT2D eigenvalue weighted by Gasteiger charge is -2.21. The van der Waals surface area contributed by atoms with Gasteiger partial charge in [-0.2, -0.15) is 5.10 Å². The smallest absolute Gasteiger partial charge is 0.291 e. The van der Waals surface area contributed by atoms with Crippen LogP contribution in [0.5, 0.6) is 0 Å². The Morgan fingerprint density at radius 3 is 2.75 bits per heavy atom. The minimum Gasteiger partial charge on any atom is -0.379 e. The van der Waals surface area contributed by atoms with Crippen molar-refractivity contribution in [3.05, 3.63) is 21.6 Å². The van der Waals surface area contributed by atoms with Crippen LogP contribution in [0.3, 0.4) is 0 Å². The van der Waals surface area contributed by atoms with Gasteiger partial charge in [-0.25, -0.2) is 4.68 Å². The molecule has 0 bridgehead atoms. The maximum atomic E-state index is 12.4. The predicted molar refractivity (Wildman–Crippen MR) is 81.2 cm³/mol. The molecule has 0 amide bonds. The van der Waals surface area contributed by atoms with Crippen molar-refractivity contribution in [2.45, 2.75) is 46.1 Å². The molecular formula is C15H22ClN3O. The van der Waals surface area contributed by atoms with Gasteiger partial charge in [0.25, 0.3) is 5.56 Å². The van der Waals surface area contributed by atoms with Gasteiger partial charge in [0.1, 0.15) is 5.69 Å². The molecule has 1 N–H and O–H groups in total. The highest BCUT2D eigenvalue weighted by atomic mass is 35.5. The van der Waals surface area contributed by atoms with E-state index in [0.717, 1.165) is 13.1 Å². The molecule has 3 rings (SSSR count). The first-order valence-electron chi connectivity index (χ1n) is 7.51. The summed E-state index contributed by atoms with van der Waals surface area (Å²) in [7, 11) is 0. The van der Waals surface area contributed by atoms with Gasteiger partial charge in [-0.3, -0.25) is 4.79 Å². The third kappa shape index (κ3) is 2.71. The summed E-state index contributed by atoms with van der Waals surface area (Å²) >= 11 is 6.14. The van der Waals surface area contributed by atoms with Gasteiger partial charge in [0.05, 0.1) is 11.2 Å². The monoisotopic (exact) mass is 295 g/mol. The first-order valence-corrected chi connectivity index (χ1v) is 7.89. The van der Waals surface area contributed by atoms with E-state index in [1.807, 2.05) is 0 Å². The minimum absolute atomic E-state index is 0.0797. The number of anilines is 1.